The minimum absolute atomic E-state index is 0.0487. The summed E-state index contributed by atoms with van der Waals surface area (Å²) in [6.07, 6.45) is 0. The Morgan fingerprint density at radius 3 is 1.89 bits per heavy atom. The third-order valence-corrected chi connectivity index (χ3v) is 6.70. The third-order valence-electron chi connectivity index (χ3n) is 4.03. The second-order valence-electron chi connectivity index (χ2n) is 5.90. The molecule has 3 aromatic rings. The highest BCUT2D eigenvalue weighted by Crippen LogP contribution is 2.36. The lowest BCUT2D eigenvalue weighted by Crippen LogP contribution is -2.31. The van der Waals surface area contributed by atoms with Crippen LogP contribution >= 0.6 is 34.8 Å². The highest BCUT2D eigenvalue weighted by atomic mass is 35.5. The summed E-state index contributed by atoms with van der Waals surface area (Å²) in [7, 11) is -3.93. The molecule has 0 aliphatic carbocycles. The number of benzene rings is 3. The van der Waals surface area contributed by atoms with E-state index in [-0.39, 0.29) is 9.92 Å². The maximum Gasteiger partial charge on any atom is 0.242 e. The van der Waals surface area contributed by atoms with Crippen LogP contribution in [0.5, 0.6) is 0 Å². The predicted molar refractivity (Wildman–Crippen MR) is 111 cm³/mol. The van der Waals surface area contributed by atoms with Crippen LogP contribution in [0.25, 0.3) is 0 Å². The third kappa shape index (κ3) is 4.84. The van der Waals surface area contributed by atoms with Crippen LogP contribution in [-0.2, 0) is 10.0 Å². The largest absolute Gasteiger partial charge is 0.242 e. The first-order valence-corrected chi connectivity index (χ1v) is 10.8. The second-order valence-corrected chi connectivity index (χ2v) is 8.89. The van der Waals surface area contributed by atoms with Gasteiger partial charge in [0.1, 0.15) is 4.90 Å². The number of sulfonamides is 1. The molecule has 27 heavy (non-hydrogen) atoms. The zero-order valence-electron chi connectivity index (χ0n) is 14.0. The lowest BCUT2D eigenvalue weighted by atomic mass is 9.99. The van der Waals surface area contributed by atoms with Gasteiger partial charge in [0.05, 0.1) is 16.4 Å². The summed E-state index contributed by atoms with van der Waals surface area (Å²) in [5, 5.41) is -0.208. The number of hydrogen-bond acceptors (Lipinski definition) is 2. The molecule has 0 spiro atoms. The van der Waals surface area contributed by atoms with Crippen molar-refractivity contribution in [2.75, 3.05) is 0 Å². The average molecular weight is 441 g/mol. The first-order valence-electron chi connectivity index (χ1n) is 8.10. The summed E-state index contributed by atoms with van der Waals surface area (Å²) >= 11 is 18.7. The van der Waals surface area contributed by atoms with Crippen LogP contribution in [0.4, 0.5) is 0 Å². The fourth-order valence-electron chi connectivity index (χ4n) is 2.71. The predicted octanol–water partition coefficient (Wildman–Crippen LogP) is 5.99. The van der Waals surface area contributed by atoms with Gasteiger partial charge in [-0.3, -0.25) is 0 Å². The summed E-state index contributed by atoms with van der Waals surface area (Å²) < 4.78 is 28.7. The number of alkyl halides is 1. The molecule has 0 aliphatic rings. The fraction of sp³-hybridized carbons (Fsp3) is 0.100. The lowest BCUT2D eigenvalue weighted by molar-refractivity contribution is 0.549. The number of halogens is 3. The molecule has 3 nitrogen and oxygen atoms in total. The first-order chi connectivity index (χ1) is 12.9. The minimum Gasteiger partial charge on any atom is -0.207 e. The zero-order chi connectivity index (χ0) is 19.4. The molecule has 0 aliphatic heterocycles. The molecule has 0 aromatic heterocycles. The Balaban J connectivity index is 2.01. The van der Waals surface area contributed by atoms with E-state index >= 15 is 0 Å². The van der Waals surface area contributed by atoms with E-state index in [0.717, 1.165) is 11.1 Å². The molecule has 2 atom stereocenters. The van der Waals surface area contributed by atoms with Crippen LogP contribution in [0.1, 0.15) is 22.5 Å². The average Bonchev–Trinajstić information content (AvgIpc) is 2.67. The van der Waals surface area contributed by atoms with Crippen molar-refractivity contribution in [1.82, 2.24) is 4.72 Å². The number of nitrogens with one attached hydrogen (secondary N) is 1. The molecular weight excluding hydrogens is 425 g/mol. The van der Waals surface area contributed by atoms with E-state index in [1.807, 2.05) is 60.7 Å². The Bertz CT molecular complexity index is 1010. The molecule has 140 valence electrons. The zero-order valence-corrected chi connectivity index (χ0v) is 17.1. The maximum atomic E-state index is 13.0. The summed E-state index contributed by atoms with van der Waals surface area (Å²) in [6, 6.07) is 22.1. The molecule has 0 bridgehead atoms. The Labute approximate surface area is 173 Å². The monoisotopic (exact) mass is 439 g/mol. The molecule has 0 amide bonds. The Hall–Kier alpha value is -1.56. The van der Waals surface area contributed by atoms with Crippen molar-refractivity contribution in [3.05, 3.63) is 100 Å². The Morgan fingerprint density at radius 1 is 0.778 bits per heavy atom. The maximum absolute atomic E-state index is 13.0. The molecular formula is C20H16Cl3NO2S. The SMILES string of the molecule is O=S(=O)(N[C@@H](c1ccccc1)[C@@H](Cl)c1ccccc1)c1ccc(Cl)cc1Cl. The van der Waals surface area contributed by atoms with E-state index < -0.39 is 21.4 Å². The van der Waals surface area contributed by atoms with Crippen LogP contribution in [-0.4, -0.2) is 8.42 Å². The van der Waals surface area contributed by atoms with Crippen molar-refractivity contribution in [2.45, 2.75) is 16.3 Å². The van der Waals surface area contributed by atoms with Crippen molar-refractivity contribution in [3.63, 3.8) is 0 Å². The van der Waals surface area contributed by atoms with Gasteiger partial charge < -0.3 is 0 Å². The smallest absolute Gasteiger partial charge is 0.207 e. The number of hydrogen-bond donors (Lipinski definition) is 1. The van der Waals surface area contributed by atoms with E-state index in [9.17, 15) is 8.42 Å². The Morgan fingerprint density at radius 2 is 1.33 bits per heavy atom. The van der Waals surface area contributed by atoms with Crippen LogP contribution < -0.4 is 4.72 Å². The van der Waals surface area contributed by atoms with Crippen molar-refractivity contribution in [3.8, 4) is 0 Å². The van der Waals surface area contributed by atoms with Gasteiger partial charge in [-0.2, -0.15) is 0 Å². The number of rotatable bonds is 6. The summed E-state index contributed by atoms with van der Waals surface area (Å²) in [5.74, 6) is 0. The molecule has 0 heterocycles. The van der Waals surface area contributed by atoms with Crippen molar-refractivity contribution < 1.29 is 8.42 Å². The van der Waals surface area contributed by atoms with E-state index in [2.05, 4.69) is 4.72 Å². The van der Waals surface area contributed by atoms with Gasteiger partial charge in [0, 0.05) is 5.02 Å². The summed E-state index contributed by atoms with van der Waals surface area (Å²) in [6.45, 7) is 0. The molecule has 3 rings (SSSR count). The van der Waals surface area contributed by atoms with Gasteiger partial charge in [0.2, 0.25) is 10.0 Å². The topological polar surface area (TPSA) is 46.2 Å². The van der Waals surface area contributed by atoms with E-state index in [1.165, 1.54) is 18.2 Å². The first kappa shape index (κ1) is 20.2. The summed E-state index contributed by atoms with van der Waals surface area (Å²) in [5.41, 5.74) is 1.55. The van der Waals surface area contributed by atoms with Crippen molar-refractivity contribution in [2.24, 2.45) is 0 Å². The van der Waals surface area contributed by atoms with Crippen LogP contribution in [0.3, 0.4) is 0 Å². The summed E-state index contributed by atoms with van der Waals surface area (Å²) in [4.78, 5) is -0.0496. The normalized spacial score (nSPS) is 13.9. The van der Waals surface area contributed by atoms with E-state index in [1.54, 1.807) is 0 Å². The second kappa shape index (κ2) is 8.63. The minimum atomic E-state index is -3.93. The molecule has 1 N–H and O–H groups in total. The van der Waals surface area contributed by atoms with Gasteiger partial charge in [-0.15, -0.1) is 11.6 Å². The molecule has 0 saturated carbocycles. The molecule has 0 radical (unpaired) electrons. The highest BCUT2D eigenvalue weighted by molar-refractivity contribution is 7.89. The van der Waals surface area contributed by atoms with E-state index in [4.69, 9.17) is 34.8 Å². The molecule has 0 fully saturated rings. The lowest BCUT2D eigenvalue weighted by Gasteiger charge is -2.24. The fourth-order valence-corrected chi connectivity index (χ4v) is 5.15. The highest BCUT2D eigenvalue weighted by Gasteiger charge is 2.29. The van der Waals surface area contributed by atoms with E-state index in [0.29, 0.717) is 5.02 Å². The van der Waals surface area contributed by atoms with Crippen LogP contribution in [0.15, 0.2) is 83.8 Å². The van der Waals surface area contributed by atoms with Gasteiger partial charge >= 0.3 is 0 Å². The van der Waals surface area contributed by atoms with Gasteiger partial charge in [-0.05, 0) is 29.3 Å². The van der Waals surface area contributed by atoms with Crippen molar-refractivity contribution in [1.29, 1.82) is 0 Å². The Kier molecular flexibility index (Phi) is 6.45. The van der Waals surface area contributed by atoms with Gasteiger partial charge in [-0.25, -0.2) is 13.1 Å². The quantitative estimate of drug-likeness (QED) is 0.478. The molecule has 0 saturated heterocycles. The van der Waals surface area contributed by atoms with Crippen molar-refractivity contribution >= 4 is 44.8 Å². The molecule has 3 aromatic carbocycles. The standard InChI is InChI=1S/C20H16Cl3NO2S/c21-16-11-12-18(17(22)13-16)27(25,26)24-20(15-9-5-2-6-10-15)19(23)14-7-3-1-4-8-14/h1-13,19-20,24H/t19-,20-/m0/s1. The van der Waals surface area contributed by atoms with Crippen LogP contribution in [0, 0.1) is 0 Å². The van der Waals surface area contributed by atoms with Gasteiger partial charge in [-0.1, -0.05) is 83.9 Å². The molecule has 0 unspecified atom stereocenters. The van der Waals surface area contributed by atoms with Gasteiger partial charge in [0.25, 0.3) is 0 Å². The van der Waals surface area contributed by atoms with Gasteiger partial charge in [0.15, 0.2) is 0 Å². The molecule has 7 heteroatoms. The van der Waals surface area contributed by atoms with Crippen LogP contribution in [0.2, 0.25) is 10.0 Å².